The van der Waals surface area contributed by atoms with E-state index in [1.165, 1.54) is 19.3 Å². The Morgan fingerprint density at radius 1 is 1.47 bits per heavy atom. The Hall–Kier alpha value is -0.970. The lowest BCUT2D eigenvalue weighted by molar-refractivity contribution is 0.749. The Balaban J connectivity index is 2.01. The number of nitrogens with one attached hydrogen (secondary N) is 1. The fourth-order valence-electron chi connectivity index (χ4n) is 2.24. The SMILES string of the molecule is CCc1nc(N)cc(NC2CCC(SC)C2)n1. The summed E-state index contributed by atoms with van der Waals surface area (Å²) in [6, 6.07) is 2.36. The summed E-state index contributed by atoms with van der Waals surface area (Å²) in [6.07, 6.45) is 6.73. The van der Waals surface area contributed by atoms with Gasteiger partial charge in [-0.2, -0.15) is 11.8 Å². The van der Waals surface area contributed by atoms with E-state index in [0.717, 1.165) is 23.3 Å². The minimum absolute atomic E-state index is 0.534. The summed E-state index contributed by atoms with van der Waals surface area (Å²) in [6.45, 7) is 2.04. The number of aryl methyl sites for hydroxylation is 1. The maximum Gasteiger partial charge on any atom is 0.132 e. The summed E-state index contributed by atoms with van der Waals surface area (Å²) >= 11 is 1.96. The number of hydrogen-bond acceptors (Lipinski definition) is 5. The highest BCUT2D eigenvalue weighted by molar-refractivity contribution is 7.99. The molecule has 1 heterocycles. The second-order valence-electron chi connectivity index (χ2n) is 4.46. The molecule has 2 unspecified atom stereocenters. The van der Waals surface area contributed by atoms with Gasteiger partial charge in [-0.05, 0) is 25.5 Å². The van der Waals surface area contributed by atoms with Gasteiger partial charge in [-0.3, -0.25) is 0 Å². The molecule has 0 amide bonds. The van der Waals surface area contributed by atoms with Crippen LogP contribution in [0.5, 0.6) is 0 Å². The van der Waals surface area contributed by atoms with Crippen LogP contribution in [0.4, 0.5) is 11.6 Å². The first kappa shape index (κ1) is 12.5. The molecule has 0 bridgehead atoms. The van der Waals surface area contributed by atoms with Crippen LogP contribution in [0.25, 0.3) is 0 Å². The van der Waals surface area contributed by atoms with Crippen LogP contribution < -0.4 is 11.1 Å². The van der Waals surface area contributed by atoms with E-state index in [4.69, 9.17) is 5.73 Å². The van der Waals surface area contributed by atoms with Crippen molar-refractivity contribution in [1.29, 1.82) is 0 Å². The number of thioether (sulfide) groups is 1. The third kappa shape index (κ3) is 3.25. The van der Waals surface area contributed by atoms with Crippen molar-refractivity contribution in [3.05, 3.63) is 11.9 Å². The molecule has 17 heavy (non-hydrogen) atoms. The summed E-state index contributed by atoms with van der Waals surface area (Å²) < 4.78 is 0. The fourth-order valence-corrected chi connectivity index (χ4v) is 3.04. The molecule has 2 rings (SSSR count). The van der Waals surface area contributed by atoms with Crippen molar-refractivity contribution in [2.45, 2.75) is 43.9 Å². The number of anilines is 2. The topological polar surface area (TPSA) is 63.8 Å². The van der Waals surface area contributed by atoms with Gasteiger partial charge in [0.25, 0.3) is 0 Å². The molecule has 1 aromatic heterocycles. The predicted octanol–water partition coefficient (Wildman–Crippen LogP) is 2.32. The second-order valence-corrected chi connectivity index (χ2v) is 5.60. The van der Waals surface area contributed by atoms with Gasteiger partial charge in [-0.1, -0.05) is 6.92 Å². The van der Waals surface area contributed by atoms with Gasteiger partial charge in [-0.15, -0.1) is 0 Å². The van der Waals surface area contributed by atoms with Gasteiger partial charge in [0, 0.05) is 23.8 Å². The van der Waals surface area contributed by atoms with E-state index in [1.807, 2.05) is 24.8 Å². The van der Waals surface area contributed by atoms with Crippen molar-refractivity contribution in [3.63, 3.8) is 0 Å². The van der Waals surface area contributed by atoms with Gasteiger partial charge >= 0.3 is 0 Å². The average Bonchev–Trinajstić information content (AvgIpc) is 2.76. The Morgan fingerprint density at radius 3 is 2.94 bits per heavy atom. The molecular formula is C12H20N4S. The molecule has 94 valence electrons. The third-order valence-electron chi connectivity index (χ3n) is 3.18. The zero-order valence-corrected chi connectivity index (χ0v) is 11.3. The predicted molar refractivity (Wildman–Crippen MR) is 74.4 cm³/mol. The summed E-state index contributed by atoms with van der Waals surface area (Å²) in [5.41, 5.74) is 5.77. The molecule has 2 atom stereocenters. The van der Waals surface area contributed by atoms with Crippen molar-refractivity contribution >= 4 is 23.4 Å². The van der Waals surface area contributed by atoms with Crippen LogP contribution in [0.1, 0.15) is 32.0 Å². The lowest BCUT2D eigenvalue weighted by Gasteiger charge is -2.14. The maximum atomic E-state index is 5.77. The largest absolute Gasteiger partial charge is 0.384 e. The number of hydrogen-bond donors (Lipinski definition) is 2. The van der Waals surface area contributed by atoms with E-state index >= 15 is 0 Å². The highest BCUT2D eigenvalue weighted by atomic mass is 32.2. The molecule has 1 aromatic rings. The van der Waals surface area contributed by atoms with E-state index in [1.54, 1.807) is 0 Å². The van der Waals surface area contributed by atoms with E-state index in [2.05, 4.69) is 21.5 Å². The van der Waals surface area contributed by atoms with Gasteiger partial charge in [0.1, 0.15) is 17.5 Å². The van der Waals surface area contributed by atoms with Crippen molar-refractivity contribution in [2.24, 2.45) is 0 Å². The van der Waals surface area contributed by atoms with Crippen LogP contribution >= 0.6 is 11.8 Å². The second kappa shape index (κ2) is 5.58. The van der Waals surface area contributed by atoms with Gasteiger partial charge in [0.2, 0.25) is 0 Å². The number of nitrogens with zero attached hydrogens (tertiary/aromatic N) is 2. The van der Waals surface area contributed by atoms with Crippen molar-refractivity contribution in [2.75, 3.05) is 17.3 Å². The quantitative estimate of drug-likeness (QED) is 0.861. The van der Waals surface area contributed by atoms with Gasteiger partial charge < -0.3 is 11.1 Å². The van der Waals surface area contributed by atoms with E-state index in [9.17, 15) is 0 Å². The molecule has 0 spiro atoms. The van der Waals surface area contributed by atoms with E-state index < -0.39 is 0 Å². The standard InChI is InChI=1S/C12H20N4S/c1-3-11-15-10(13)7-12(16-11)14-8-4-5-9(6-8)17-2/h7-9H,3-6H2,1-2H3,(H3,13,14,15,16). The Morgan fingerprint density at radius 2 is 2.29 bits per heavy atom. The Labute approximate surface area is 107 Å². The minimum Gasteiger partial charge on any atom is -0.384 e. The number of aromatic nitrogens is 2. The van der Waals surface area contributed by atoms with Crippen LogP contribution in [-0.4, -0.2) is 27.5 Å². The number of rotatable bonds is 4. The molecule has 5 heteroatoms. The zero-order valence-electron chi connectivity index (χ0n) is 10.4. The van der Waals surface area contributed by atoms with E-state index in [0.29, 0.717) is 11.9 Å². The first-order valence-corrected chi connectivity index (χ1v) is 7.42. The molecule has 0 aliphatic heterocycles. The summed E-state index contributed by atoms with van der Waals surface area (Å²) in [5, 5.41) is 4.27. The summed E-state index contributed by atoms with van der Waals surface area (Å²) in [4.78, 5) is 8.64. The van der Waals surface area contributed by atoms with E-state index in [-0.39, 0.29) is 0 Å². The first-order chi connectivity index (χ1) is 8.21. The average molecular weight is 252 g/mol. The van der Waals surface area contributed by atoms with Crippen LogP contribution in [0.3, 0.4) is 0 Å². The molecule has 0 saturated heterocycles. The molecule has 0 radical (unpaired) electrons. The number of nitrogens with two attached hydrogens (primary N) is 1. The molecule has 3 N–H and O–H groups in total. The maximum absolute atomic E-state index is 5.77. The highest BCUT2D eigenvalue weighted by Gasteiger charge is 2.24. The zero-order chi connectivity index (χ0) is 12.3. The van der Waals surface area contributed by atoms with Crippen LogP contribution in [-0.2, 0) is 6.42 Å². The van der Waals surface area contributed by atoms with Crippen LogP contribution in [0.15, 0.2) is 6.07 Å². The molecule has 1 aliphatic carbocycles. The summed E-state index contributed by atoms with van der Waals surface area (Å²) in [7, 11) is 0. The highest BCUT2D eigenvalue weighted by Crippen LogP contribution is 2.30. The van der Waals surface area contributed by atoms with Gasteiger partial charge in [-0.25, -0.2) is 9.97 Å². The Kier molecular flexibility index (Phi) is 4.10. The van der Waals surface area contributed by atoms with Gasteiger partial charge in [0.05, 0.1) is 0 Å². The molecular weight excluding hydrogens is 232 g/mol. The smallest absolute Gasteiger partial charge is 0.132 e. The van der Waals surface area contributed by atoms with Gasteiger partial charge in [0.15, 0.2) is 0 Å². The van der Waals surface area contributed by atoms with Crippen molar-refractivity contribution in [1.82, 2.24) is 9.97 Å². The van der Waals surface area contributed by atoms with Crippen LogP contribution in [0.2, 0.25) is 0 Å². The van der Waals surface area contributed by atoms with Crippen molar-refractivity contribution < 1.29 is 0 Å². The normalized spacial score (nSPS) is 23.9. The Bertz CT molecular complexity index is 383. The monoisotopic (exact) mass is 252 g/mol. The van der Waals surface area contributed by atoms with Crippen LogP contribution in [0, 0.1) is 0 Å². The first-order valence-electron chi connectivity index (χ1n) is 6.14. The molecule has 1 fully saturated rings. The fraction of sp³-hybridized carbons (Fsp3) is 0.667. The number of nitrogen functional groups attached to an aromatic ring is 1. The molecule has 4 nitrogen and oxygen atoms in total. The molecule has 1 aliphatic rings. The lowest BCUT2D eigenvalue weighted by atomic mass is 10.2. The molecule has 0 aromatic carbocycles. The van der Waals surface area contributed by atoms with Crippen molar-refractivity contribution in [3.8, 4) is 0 Å². The lowest BCUT2D eigenvalue weighted by Crippen LogP contribution is -2.17. The third-order valence-corrected chi connectivity index (χ3v) is 4.27. The minimum atomic E-state index is 0.534. The summed E-state index contributed by atoms with van der Waals surface area (Å²) in [5.74, 6) is 2.24. The molecule has 1 saturated carbocycles.